The Morgan fingerprint density at radius 2 is 1.68 bits per heavy atom. The Morgan fingerprint density at radius 3 is 2.38 bits per heavy atom. The molecule has 0 saturated carbocycles. The molecule has 0 spiro atoms. The fourth-order valence-electron chi connectivity index (χ4n) is 4.32. The number of aliphatic hydroxyl groups is 2. The first-order valence-electron chi connectivity index (χ1n) is 12.8. The molecule has 0 saturated heterocycles. The van der Waals surface area contributed by atoms with Crippen molar-refractivity contribution in [2.45, 2.75) is 32.6 Å². The van der Waals surface area contributed by atoms with Crippen molar-refractivity contribution in [2.75, 3.05) is 18.4 Å². The number of carbonyl (C=O) groups excluding carboxylic acids is 2. The normalized spacial score (nSPS) is 13.1. The molecule has 10 heteroatoms. The molecule has 0 bridgehead atoms. The smallest absolute Gasteiger partial charge is 0.275 e. The highest BCUT2D eigenvalue weighted by atomic mass is 32.1. The molecule has 4 rings (SSSR count). The Kier molecular flexibility index (Phi) is 9.73. The number of thiophene rings is 1. The number of hydrogen-bond donors (Lipinski definition) is 4. The molecular formula is C30H31FN4O4S. The summed E-state index contributed by atoms with van der Waals surface area (Å²) in [6.45, 7) is 4.58. The molecule has 1 aromatic heterocycles. The summed E-state index contributed by atoms with van der Waals surface area (Å²) in [5, 5.41) is 27.6. The van der Waals surface area contributed by atoms with Crippen LogP contribution in [0.1, 0.15) is 45.7 Å². The Bertz CT molecular complexity index is 1490. The van der Waals surface area contributed by atoms with Crippen molar-refractivity contribution in [1.29, 1.82) is 0 Å². The third kappa shape index (κ3) is 7.80. The molecule has 2 unspecified atom stereocenters. The van der Waals surface area contributed by atoms with Crippen molar-refractivity contribution in [3.05, 3.63) is 101 Å². The van der Waals surface area contributed by atoms with Gasteiger partial charge in [-0.15, -0.1) is 11.3 Å². The molecule has 208 valence electrons. The second-order valence-electron chi connectivity index (χ2n) is 9.60. The average Bonchev–Trinajstić information content (AvgIpc) is 3.27. The highest BCUT2D eigenvalue weighted by molar-refractivity contribution is 7.23. The number of rotatable bonds is 11. The van der Waals surface area contributed by atoms with Crippen LogP contribution in [0.25, 0.3) is 10.1 Å². The molecule has 4 N–H and O–H groups in total. The second kappa shape index (κ2) is 13.4. The van der Waals surface area contributed by atoms with E-state index in [9.17, 15) is 24.2 Å². The molecule has 8 nitrogen and oxygen atoms in total. The number of halogens is 1. The Labute approximate surface area is 235 Å². The summed E-state index contributed by atoms with van der Waals surface area (Å²) in [4.78, 5) is 28.4. The van der Waals surface area contributed by atoms with E-state index in [1.165, 1.54) is 29.7 Å². The lowest BCUT2D eigenvalue weighted by atomic mass is 10.1. The molecule has 0 radical (unpaired) electrons. The van der Waals surface area contributed by atoms with Gasteiger partial charge in [-0.2, -0.15) is 5.10 Å². The van der Waals surface area contributed by atoms with E-state index in [0.717, 1.165) is 10.3 Å². The standard InChI is InChI=1S/C30H31FN4O4S/c1-19(36)16-35(17-20(2)37)18-22-6-5-7-23(14-22)28(38)33-30-27(25-8-3-4-9-26(25)40-30)29(39)34-32-15-21-10-12-24(31)13-11-21/h3-15,19-20,36-37H,16-18H2,1-2H3,(H,33,38)(H,34,39)/b32-15+. The molecule has 0 aliphatic heterocycles. The lowest BCUT2D eigenvalue weighted by molar-refractivity contribution is 0.0793. The number of anilines is 1. The van der Waals surface area contributed by atoms with Crippen LogP contribution >= 0.6 is 11.3 Å². The second-order valence-corrected chi connectivity index (χ2v) is 10.7. The lowest BCUT2D eigenvalue weighted by Crippen LogP contribution is -2.35. The fourth-order valence-corrected chi connectivity index (χ4v) is 5.42. The summed E-state index contributed by atoms with van der Waals surface area (Å²) < 4.78 is 14.0. The first-order valence-corrected chi connectivity index (χ1v) is 13.6. The minimum atomic E-state index is -0.567. The summed E-state index contributed by atoms with van der Waals surface area (Å²) in [6, 6.07) is 20.1. The van der Waals surface area contributed by atoms with Gasteiger partial charge in [0.05, 0.1) is 24.0 Å². The van der Waals surface area contributed by atoms with Crippen LogP contribution in [0.15, 0.2) is 77.9 Å². The average molecular weight is 563 g/mol. The molecule has 2 atom stereocenters. The van der Waals surface area contributed by atoms with Gasteiger partial charge in [-0.25, -0.2) is 9.82 Å². The van der Waals surface area contributed by atoms with Gasteiger partial charge in [0.25, 0.3) is 11.8 Å². The highest BCUT2D eigenvalue weighted by Crippen LogP contribution is 2.36. The topological polar surface area (TPSA) is 114 Å². The Hall–Kier alpha value is -3.96. The van der Waals surface area contributed by atoms with Gasteiger partial charge in [0.1, 0.15) is 10.8 Å². The van der Waals surface area contributed by atoms with Gasteiger partial charge >= 0.3 is 0 Å². The molecule has 0 aliphatic rings. The largest absolute Gasteiger partial charge is 0.392 e. The minimum absolute atomic E-state index is 0.293. The number of nitrogens with one attached hydrogen (secondary N) is 2. The maximum Gasteiger partial charge on any atom is 0.275 e. The number of aliphatic hydroxyl groups excluding tert-OH is 2. The van der Waals surface area contributed by atoms with Crippen molar-refractivity contribution in [3.63, 3.8) is 0 Å². The Balaban J connectivity index is 1.53. The number of hydrogen-bond acceptors (Lipinski definition) is 7. The number of amides is 2. The van der Waals surface area contributed by atoms with E-state index in [1.807, 2.05) is 29.2 Å². The van der Waals surface area contributed by atoms with Crippen LogP contribution < -0.4 is 10.7 Å². The number of hydrazone groups is 1. The van der Waals surface area contributed by atoms with E-state index in [1.54, 1.807) is 50.2 Å². The van der Waals surface area contributed by atoms with E-state index < -0.39 is 18.1 Å². The molecule has 40 heavy (non-hydrogen) atoms. The quantitative estimate of drug-likeness (QED) is 0.157. The van der Waals surface area contributed by atoms with E-state index in [0.29, 0.717) is 46.7 Å². The van der Waals surface area contributed by atoms with Crippen molar-refractivity contribution in [2.24, 2.45) is 5.10 Å². The molecule has 3 aromatic carbocycles. The third-order valence-corrected chi connectivity index (χ3v) is 7.03. The zero-order valence-corrected chi connectivity index (χ0v) is 23.0. The van der Waals surface area contributed by atoms with Gasteiger partial charge in [0.15, 0.2) is 0 Å². The Morgan fingerprint density at radius 1 is 0.975 bits per heavy atom. The van der Waals surface area contributed by atoms with Crippen molar-refractivity contribution in [3.8, 4) is 0 Å². The van der Waals surface area contributed by atoms with Crippen LogP contribution in [-0.2, 0) is 6.54 Å². The molecule has 4 aromatic rings. The number of carbonyl (C=O) groups is 2. The van der Waals surface area contributed by atoms with Crippen LogP contribution in [0.3, 0.4) is 0 Å². The molecule has 0 fully saturated rings. The van der Waals surface area contributed by atoms with Crippen LogP contribution in [0.5, 0.6) is 0 Å². The zero-order chi connectivity index (χ0) is 28.6. The van der Waals surface area contributed by atoms with Gasteiger partial charge < -0.3 is 15.5 Å². The summed E-state index contributed by atoms with van der Waals surface area (Å²) in [6.07, 6.45) is 0.277. The van der Waals surface area contributed by atoms with Crippen molar-refractivity contribution in [1.82, 2.24) is 10.3 Å². The highest BCUT2D eigenvalue weighted by Gasteiger charge is 2.21. The van der Waals surface area contributed by atoms with E-state index in [4.69, 9.17) is 0 Å². The molecule has 0 aliphatic carbocycles. The summed E-state index contributed by atoms with van der Waals surface area (Å²) >= 11 is 1.29. The number of nitrogens with zero attached hydrogens (tertiary/aromatic N) is 2. The lowest BCUT2D eigenvalue weighted by Gasteiger charge is -2.25. The molecule has 2 amide bonds. The maximum absolute atomic E-state index is 13.3. The predicted molar refractivity (Wildman–Crippen MR) is 156 cm³/mol. The van der Waals surface area contributed by atoms with E-state index >= 15 is 0 Å². The fraction of sp³-hybridized carbons (Fsp3) is 0.233. The van der Waals surface area contributed by atoms with Crippen LogP contribution in [0, 0.1) is 5.82 Å². The van der Waals surface area contributed by atoms with E-state index in [-0.39, 0.29) is 11.7 Å². The van der Waals surface area contributed by atoms with E-state index in [2.05, 4.69) is 15.8 Å². The predicted octanol–water partition coefficient (Wildman–Crippen LogP) is 4.62. The first kappa shape index (κ1) is 29.0. The van der Waals surface area contributed by atoms with Gasteiger partial charge in [-0.3, -0.25) is 14.5 Å². The van der Waals surface area contributed by atoms with Gasteiger partial charge in [0.2, 0.25) is 0 Å². The number of benzene rings is 3. The summed E-state index contributed by atoms with van der Waals surface area (Å²) in [5.41, 5.74) is 4.66. The molecule has 1 heterocycles. The number of fused-ring (bicyclic) bond motifs is 1. The van der Waals surface area contributed by atoms with Crippen LogP contribution in [0.2, 0.25) is 0 Å². The van der Waals surface area contributed by atoms with Gasteiger partial charge in [-0.05, 0) is 55.3 Å². The maximum atomic E-state index is 13.3. The minimum Gasteiger partial charge on any atom is -0.392 e. The summed E-state index contributed by atoms with van der Waals surface area (Å²) in [5.74, 6) is -1.24. The van der Waals surface area contributed by atoms with Gasteiger partial charge in [-0.1, -0.05) is 42.5 Å². The zero-order valence-electron chi connectivity index (χ0n) is 22.2. The van der Waals surface area contributed by atoms with Gasteiger partial charge in [0, 0.05) is 35.3 Å². The summed E-state index contributed by atoms with van der Waals surface area (Å²) in [7, 11) is 0. The molecular weight excluding hydrogens is 531 g/mol. The van der Waals surface area contributed by atoms with Crippen LogP contribution in [-0.4, -0.2) is 58.4 Å². The monoisotopic (exact) mass is 562 g/mol. The first-order chi connectivity index (χ1) is 19.2. The van der Waals surface area contributed by atoms with Crippen LogP contribution in [0.4, 0.5) is 9.39 Å². The SMILES string of the molecule is CC(O)CN(Cc1cccc(C(=O)Nc2sc3ccccc3c2C(=O)N/N=C/c2ccc(F)cc2)c1)CC(C)O. The van der Waals surface area contributed by atoms with Crippen molar-refractivity contribution >= 4 is 44.5 Å². The van der Waals surface area contributed by atoms with Crippen molar-refractivity contribution < 1.29 is 24.2 Å². The third-order valence-electron chi connectivity index (χ3n) is 5.94.